The molecular weight excluding hydrogens is 347 g/mol. The van der Waals surface area contributed by atoms with Crippen molar-refractivity contribution in [3.8, 4) is 0 Å². The lowest BCUT2D eigenvalue weighted by atomic mass is 9.92. The summed E-state index contributed by atoms with van der Waals surface area (Å²) in [5.74, 6) is 0.376. The summed E-state index contributed by atoms with van der Waals surface area (Å²) >= 11 is 2.34. The topological polar surface area (TPSA) is 16.1 Å². The fourth-order valence-electron chi connectivity index (χ4n) is 2.15. The Hall–Kier alpha value is -0.940. The monoisotopic (exact) mass is 366 g/mol. The normalized spacial score (nSPS) is 12.6. The molecule has 0 bridgehead atoms. The van der Waals surface area contributed by atoms with Gasteiger partial charge in [0.15, 0.2) is 0 Å². The van der Waals surface area contributed by atoms with Crippen molar-refractivity contribution >= 4 is 22.6 Å². The second-order valence-electron chi connectivity index (χ2n) is 4.95. The van der Waals surface area contributed by atoms with E-state index in [1.807, 2.05) is 12.3 Å². The second kappa shape index (κ2) is 7.01. The zero-order chi connectivity index (χ0) is 13.7. The molecule has 1 heterocycles. The van der Waals surface area contributed by atoms with Crippen molar-refractivity contribution in [2.24, 2.45) is 0 Å². The smallest absolute Gasteiger partial charge is 0.0478 e. The van der Waals surface area contributed by atoms with Gasteiger partial charge in [-0.2, -0.15) is 0 Å². The van der Waals surface area contributed by atoms with Crippen LogP contribution in [0.15, 0.2) is 48.7 Å². The fraction of sp³-hybridized carbons (Fsp3) is 0.312. The lowest BCUT2D eigenvalue weighted by Crippen LogP contribution is -2.17. The van der Waals surface area contributed by atoms with E-state index in [-0.39, 0.29) is 0 Å². The summed E-state index contributed by atoms with van der Waals surface area (Å²) in [6.07, 6.45) is 2.97. The van der Waals surface area contributed by atoms with Crippen molar-refractivity contribution in [3.63, 3.8) is 0 Å². The largest absolute Gasteiger partial charge is 0.309 e. The van der Waals surface area contributed by atoms with Gasteiger partial charge in [0.1, 0.15) is 0 Å². The Morgan fingerprint density at radius 1 is 1.11 bits per heavy atom. The van der Waals surface area contributed by atoms with E-state index in [4.69, 9.17) is 0 Å². The quantitative estimate of drug-likeness (QED) is 0.749. The maximum atomic E-state index is 4.54. The van der Waals surface area contributed by atoms with Crippen molar-refractivity contribution in [3.05, 3.63) is 63.5 Å². The summed E-state index contributed by atoms with van der Waals surface area (Å²) in [6.45, 7) is 1.06. The molecule has 0 amide bonds. The summed E-state index contributed by atoms with van der Waals surface area (Å²) in [5, 5.41) is 0. The number of pyridine rings is 1. The molecule has 3 heteroatoms. The number of halogens is 1. The van der Waals surface area contributed by atoms with E-state index in [2.05, 4.69) is 83.0 Å². The molecule has 2 rings (SSSR count). The third-order valence-electron chi connectivity index (χ3n) is 3.18. The van der Waals surface area contributed by atoms with E-state index in [0.717, 1.165) is 18.7 Å². The molecule has 1 aromatic heterocycles. The van der Waals surface area contributed by atoms with Gasteiger partial charge in [0.25, 0.3) is 0 Å². The maximum Gasteiger partial charge on any atom is 0.0478 e. The third-order valence-corrected chi connectivity index (χ3v) is 3.90. The van der Waals surface area contributed by atoms with Crippen LogP contribution in [0, 0.1) is 3.57 Å². The average Bonchev–Trinajstić information content (AvgIpc) is 2.42. The minimum Gasteiger partial charge on any atom is -0.309 e. The van der Waals surface area contributed by atoms with Gasteiger partial charge in [-0.15, -0.1) is 0 Å². The lowest BCUT2D eigenvalue weighted by molar-refractivity contribution is 0.389. The number of hydrogen-bond donors (Lipinski definition) is 0. The van der Waals surface area contributed by atoms with Gasteiger partial charge in [0.2, 0.25) is 0 Å². The molecule has 2 nitrogen and oxygen atoms in total. The number of hydrogen-bond acceptors (Lipinski definition) is 2. The highest BCUT2D eigenvalue weighted by Gasteiger charge is 2.15. The van der Waals surface area contributed by atoms with Crippen LogP contribution in [0.2, 0.25) is 0 Å². The van der Waals surface area contributed by atoms with Crippen LogP contribution in [-0.2, 0) is 0 Å². The van der Waals surface area contributed by atoms with Crippen molar-refractivity contribution in [2.45, 2.75) is 12.3 Å². The Kier molecular flexibility index (Phi) is 5.34. The molecule has 1 atom stereocenters. The van der Waals surface area contributed by atoms with Gasteiger partial charge in [-0.3, -0.25) is 4.98 Å². The first kappa shape index (κ1) is 14.5. The van der Waals surface area contributed by atoms with E-state index < -0.39 is 0 Å². The highest BCUT2D eigenvalue weighted by Crippen LogP contribution is 2.27. The highest BCUT2D eigenvalue weighted by atomic mass is 127. The summed E-state index contributed by atoms with van der Waals surface area (Å²) in [4.78, 5) is 6.76. The van der Waals surface area contributed by atoms with E-state index >= 15 is 0 Å². The minimum absolute atomic E-state index is 0.376. The van der Waals surface area contributed by atoms with Gasteiger partial charge in [-0.25, -0.2) is 0 Å². The number of aromatic nitrogens is 1. The van der Waals surface area contributed by atoms with Crippen LogP contribution in [0.3, 0.4) is 0 Å². The van der Waals surface area contributed by atoms with Crippen molar-refractivity contribution in [2.75, 3.05) is 20.6 Å². The van der Waals surface area contributed by atoms with E-state index in [1.54, 1.807) is 0 Å². The Balaban J connectivity index is 2.26. The Labute approximate surface area is 129 Å². The van der Waals surface area contributed by atoms with Crippen LogP contribution in [0.5, 0.6) is 0 Å². The summed E-state index contributed by atoms with van der Waals surface area (Å²) in [5.41, 5.74) is 2.51. The van der Waals surface area contributed by atoms with Gasteiger partial charge < -0.3 is 4.90 Å². The van der Waals surface area contributed by atoms with Crippen molar-refractivity contribution in [1.82, 2.24) is 9.88 Å². The molecule has 0 spiro atoms. The lowest BCUT2D eigenvalue weighted by Gasteiger charge is -2.19. The van der Waals surface area contributed by atoms with Crippen LogP contribution < -0.4 is 0 Å². The molecule has 100 valence electrons. The first-order valence-electron chi connectivity index (χ1n) is 6.48. The molecule has 0 fully saturated rings. The number of rotatable bonds is 5. The fourth-order valence-corrected chi connectivity index (χ4v) is 2.51. The van der Waals surface area contributed by atoms with E-state index in [1.165, 1.54) is 9.13 Å². The molecule has 0 saturated carbocycles. The first-order valence-corrected chi connectivity index (χ1v) is 7.56. The van der Waals surface area contributed by atoms with Gasteiger partial charge >= 0.3 is 0 Å². The highest BCUT2D eigenvalue weighted by molar-refractivity contribution is 14.1. The van der Waals surface area contributed by atoms with Gasteiger partial charge in [-0.05, 0) is 79.5 Å². The van der Waals surface area contributed by atoms with E-state index in [9.17, 15) is 0 Å². The molecule has 1 aromatic carbocycles. The standard InChI is InChI=1S/C16H19IN2/c1-19(2)12-10-15(16-5-3-4-11-18-16)13-6-8-14(17)9-7-13/h3-9,11,15H,10,12H2,1-2H3. The van der Waals surface area contributed by atoms with Crippen LogP contribution in [0.4, 0.5) is 0 Å². The molecule has 0 aliphatic rings. The molecule has 0 aliphatic heterocycles. The van der Waals surface area contributed by atoms with Gasteiger partial charge in [0.05, 0.1) is 0 Å². The third kappa shape index (κ3) is 4.28. The van der Waals surface area contributed by atoms with Crippen molar-refractivity contribution in [1.29, 1.82) is 0 Å². The molecule has 2 aromatic rings. The predicted molar refractivity (Wildman–Crippen MR) is 88.4 cm³/mol. The predicted octanol–water partition coefficient (Wildman–Crippen LogP) is 3.77. The summed E-state index contributed by atoms with van der Waals surface area (Å²) in [6, 6.07) is 14.9. The number of nitrogens with zero attached hydrogens (tertiary/aromatic N) is 2. The van der Waals surface area contributed by atoms with Crippen molar-refractivity contribution < 1.29 is 0 Å². The van der Waals surface area contributed by atoms with Crippen LogP contribution in [0.25, 0.3) is 0 Å². The van der Waals surface area contributed by atoms with Crippen LogP contribution in [-0.4, -0.2) is 30.5 Å². The van der Waals surface area contributed by atoms with E-state index in [0.29, 0.717) is 5.92 Å². The zero-order valence-corrected chi connectivity index (χ0v) is 13.5. The summed E-state index contributed by atoms with van der Waals surface area (Å²) in [7, 11) is 4.23. The SMILES string of the molecule is CN(C)CCC(c1ccc(I)cc1)c1ccccn1. The molecule has 0 radical (unpaired) electrons. The maximum absolute atomic E-state index is 4.54. The molecule has 0 saturated heterocycles. The Morgan fingerprint density at radius 3 is 2.42 bits per heavy atom. The number of benzene rings is 1. The molecule has 0 aliphatic carbocycles. The molecule has 1 unspecified atom stereocenters. The summed E-state index contributed by atoms with van der Waals surface area (Å²) < 4.78 is 1.27. The molecular formula is C16H19IN2. The van der Waals surface area contributed by atoms with Gasteiger partial charge in [-0.1, -0.05) is 18.2 Å². The molecule has 19 heavy (non-hydrogen) atoms. The first-order chi connectivity index (χ1) is 9.16. The molecule has 0 N–H and O–H groups in total. The second-order valence-corrected chi connectivity index (χ2v) is 6.20. The minimum atomic E-state index is 0.376. The average molecular weight is 366 g/mol. The van der Waals surface area contributed by atoms with Crippen LogP contribution in [0.1, 0.15) is 23.6 Å². The Morgan fingerprint density at radius 2 is 1.84 bits per heavy atom. The van der Waals surface area contributed by atoms with Crippen LogP contribution >= 0.6 is 22.6 Å². The Bertz CT molecular complexity index is 494. The van der Waals surface area contributed by atoms with Gasteiger partial charge in [0, 0.05) is 21.4 Å². The zero-order valence-electron chi connectivity index (χ0n) is 11.4.